The number of halogens is 3. The smallest absolute Gasteiger partial charge is 0.416 e. The van der Waals surface area contributed by atoms with E-state index in [0.29, 0.717) is 36.1 Å². The quantitative estimate of drug-likeness (QED) is 0.322. The van der Waals surface area contributed by atoms with Crippen LogP contribution in [0.25, 0.3) is 5.57 Å². The van der Waals surface area contributed by atoms with Gasteiger partial charge in [-0.1, -0.05) is 44.4 Å². The van der Waals surface area contributed by atoms with Gasteiger partial charge >= 0.3 is 18.2 Å². The molecule has 0 spiro atoms. The maximum Gasteiger partial charge on any atom is 0.416 e. The maximum absolute atomic E-state index is 13.6. The van der Waals surface area contributed by atoms with Gasteiger partial charge in [-0.2, -0.15) is 13.2 Å². The van der Waals surface area contributed by atoms with Gasteiger partial charge in [-0.25, -0.2) is 4.79 Å². The zero-order chi connectivity index (χ0) is 32.0. The second kappa shape index (κ2) is 11.8. The summed E-state index contributed by atoms with van der Waals surface area (Å²) in [5, 5.41) is 10.1. The third kappa shape index (κ3) is 6.33. The second-order valence-electron chi connectivity index (χ2n) is 13.7. The Labute approximate surface area is 257 Å². The number of amides is 1. The lowest BCUT2D eigenvalue weighted by Crippen LogP contribution is -2.35. The summed E-state index contributed by atoms with van der Waals surface area (Å²) in [4.78, 5) is 27.2. The average Bonchev–Trinajstić information content (AvgIpc) is 3.53. The highest BCUT2D eigenvalue weighted by Crippen LogP contribution is 2.47. The molecule has 0 unspecified atom stereocenters. The van der Waals surface area contributed by atoms with E-state index in [4.69, 9.17) is 9.47 Å². The van der Waals surface area contributed by atoms with Crippen LogP contribution in [0.2, 0.25) is 0 Å². The normalized spacial score (nSPS) is 23.2. The van der Waals surface area contributed by atoms with Crippen LogP contribution >= 0.6 is 0 Å². The van der Waals surface area contributed by atoms with Crippen LogP contribution in [0.3, 0.4) is 0 Å². The number of cyclic esters (lactones) is 1. The van der Waals surface area contributed by atoms with Crippen molar-refractivity contribution in [1.29, 1.82) is 0 Å². The van der Waals surface area contributed by atoms with Crippen molar-refractivity contribution in [3.8, 4) is 5.75 Å². The molecule has 2 aromatic rings. The fourth-order valence-corrected chi connectivity index (χ4v) is 7.40. The van der Waals surface area contributed by atoms with Crippen LogP contribution in [0.4, 0.5) is 18.0 Å². The highest BCUT2D eigenvalue weighted by molar-refractivity contribution is 5.78. The molecule has 2 aliphatic carbocycles. The average molecular weight is 614 g/mol. The van der Waals surface area contributed by atoms with Crippen molar-refractivity contribution < 1.29 is 37.3 Å². The summed E-state index contributed by atoms with van der Waals surface area (Å²) in [5.41, 5.74) is 3.19. The van der Waals surface area contributed by atoms with Crippen molar-refractivity contribution >= 4 is 17.6 Å². The van der Waals surface area contributed by atoms with Crippen molar-refractivity contribution in [3.63, 3.8) is 0 Å². The molecule has 1 amide bonds. The molecular formula is C35H42F3NO5. The second-order valence-corrected chi connectivity index (χ2v) is 13.7. The first-order valence-electron chi connectivity index (χ1n) is 15.4. The standard InChI is InChI=1S/C35H42F3NO5/c1-21-14-24(17-26(15-21)35(36,37)38)30-22(2)39(32(42)44-30)20-25-19-33(3,4)13-10-27(25)28-16-23(8-9-29(28)43-5)18-34(31(40)41)11-6-7-12-34/h8-9,14-17,22,30H,6-7,10-13,18-20H2,1-5H3,(H,40,41)/t22-,30-/m0/s1. The Balaban J connectivity index is 1.50. The van der Waals surface area contributed by atoms with Gasteiger partial charge in [-0.05, 0) is 104 Å². The molecule has 0 radical (unpaired) electrons. The van der Waals surface area contributed by atoms with Gasteiger partial charge in [-0.3, -0.25) is 9.69 Å². The lowest BCUT2D eigenvalue weighted by atomic mass is 9.72. The summed E-state index contributed by atoms with van der Waals surface area (Å²) in [6.45, 7) is 8.07. The van der Waals surface area contributed by atoms with E-state index in [0.717, 1.165) is 66.5 Å². The maximum atomic E-state index is 13.6. The predicted octanol–water partition coefficient (Wildman–Crippen LogP) is 8.76. The highest BCUT2D eigenvalue weighted by Gasteiger charge is 2.43. The number of carboxylic acids is 1. The Kier molecular flexibility index (Phi) is 8.55. The molecule has 9 heteroatoms. The van der Waals surface area contributed by atoms with Crippen LogP contribution in [-0.4, -0.2) is 41.8 Å². The van der Waals surface area contributed by atoms with Gasteiger partial charge in [-0.15, -0.1) is 0 Å². The van der Waals surface area contributed by atoms with Gasteiger partial charge in [0, 0.05) is 12.1 Å². The monoisotopic (exact) mass is 613 g/mol. The molecule has 0 bridgehead atoms. The summed E-state index contributed by atoms with van der Waals surface area (Å²) in [5.74, 6) is -0.0649. The lowest BCUT2D eigenvalue weighted by Gasteiger charge is -2.36. The number of hydrogen-bond donors (Lipinski definition) is 1. The minimum absolute atomic E-state index is 0.0225. The molecule has 44 heavy (non-hydrogen) atoms. The van der Waals surface area contributed by atoms with E-state index in [2.05, 4.69) is 19.9 Å². The summed E-state index contributed by atoms with van der Waals surface area (Å²) < 4.78 is 52.2. The Hall–Kier alpha value is -3.49. The molecule has 1 saturated heterocycles. The first kappa shape index (κ1) is 31.9. The first-order valence-corrected chi connectivity index (χ1v) is 15.4. The van der Waals surface area contributed by atoms with Crippen molar-refractivity contribution in [2.24, 2.45) is 10.8 Å². The fourth-order valence-electron chi connectivity index (χ4n) is 7.40. The Morgan fingerprint density at radius 2 is 1.82 bits per heavy atom. The van der Waals surface area contributed by atoms with E-state index in [1.54, 1.807) is 25.0 Å². The fraction of sp³-hybridized carbons (Fsp3) is 0.543. The summed E-state index contributed by atoms with van der Waals surface area (Å²) in [6, 6.07) is 9.22. The number of carboxylic acid groups (broad SMARTS) is 1. The molecule has 1 saturated carbocycles. The molecule has 0 aromatic heterocycles. The molecule has 6 nitrogen and oxygen atoms in total. The van der Waals surface area contributed by atoms with E-state index < -0.39 is 41.4 Å². The van der Waals surface area contributed by atoms with Crippen molar-refractivity contribution in [3.05, 3.63) is 69.8 Å². The van der Waals surface area contributed by atoms with E-state index in [1.165, 1.54) is 0 Å². The Morgan fingerprint density at radius 1 is 1.11 bits per heavy atom. The van der Waals surface area contributed by atoms with Gasteiger partial charge in [0.2, 0.25) is 0 Å². The van der Waals surface area contributed by atoms with E-state index >= 15 is 0 Å². The van der Waals surface area contributed by atoms with Crippen molar-refractivity contribution in [1.82, 2.24) is 4.90 Å². The minimum Gasteiger partial charge on any atom is -0.496 e. The molecule has 3 aliphatic rings. The third-order valence-corrected chi connectivity index (χ3v) is 9.83. The molecular weight excluding hydrogens is 571 g/mol. The number of benzene rings is 2. The number of aryl methyl sites for hydroxylation is 1. The number of carbonyl (C=O) groups excluding carboxylic acids is 1. The zero-order valence-corrected chi connectivity index (χ0v) is 26.1. The number of methoxy groups -OCH3 is 1. The van der Waals surface area contributed by atoms with Gasteiger partial charge in [0.15, 0.2) is 0 Å². The van der Waals surface area contributed by atoms with Crippen LogP contribution in [0.5, 0.6) is 5.75 Å². The van der Waals surface area contributed by atoms with Crippen molar-refractivity contribution in [2.45, 2.75) is 97.4 Å². The minimum atomic E-state index is -4.50. The SMILES string of the molecule is COc1ccc(CC2(C(=O)O)CCCC2)cc1C1=C(CN2C(=O)O[C@H](c3cc(C)cc(C(F)(F)F)c3)[C@@H]2C)CC(C)(C)CC1. The van der Waals surface area contributed by atoms with Crippen molar-refractivity contribution in [2.75, 3.05) is 13.7 Å². The highest BCUT2D eigenvalue weighted by atomic mass is 19.4. The summed E-state index contributed by atoms with van der Waals surface area (Å²) in [7, 11) is 1.61. The third-order valence-electron chi connectivity index (χ3n) is 9.83. The number of aliphatic carboxylic acids is 1. The largest absolute Gasteiger partial charge is 0.496 e. The van der Waals surface area contributed by atoms with E-state index in [1.807, 2.05) is 19.1 Å². The molecule has 1 N–H and O–H groups in total. The lowest BCUT2D eigenvalue weighted by molar-refractivity contribution is -0.148. The van der Waals surface area contributed by atoms with Crippen LogP contribution in [0.15, 0.2) is 42.0 Å². The van der Waals surface area contributed by atoms with Gasteiger partial charge in [0.25, 0.3) is 0 Å². The number of carbonyl (C=O) groups is 2. The molecule has 1 aliphatic heterocycles. The number of nitrogens with zero attached hydrogens (tertiary/aromatic N) is 1. The molecule has 2 atom stereocenters. The molecule has 5 rings (SSSR count). The van der Waals surface area contributed by atoms with Gasteiger partial charge < -0.3 is 14.6 Å². The predicted molar refractivity (Wildman–Crippen MR) is 161 cm³/mol. The van der Waals surface area contributed by atoms with Crippen LogP contribution in [-0.2, 0) is 22.1 Å². The van der Waals surface area contributed by atoms with E-state index in [9.17, 15) is 27.9 Å². The Bertz CT molecular complexity index is 1470. The number of ether oxygens (including phenoxy) is 2. The first-order chi connectivity index (χ1) is 20.6. The number of hydrogen-bond acceptors (Lipinski definition) is 4. The van der Waals surface area contributed by atoms with Crippen LogP contribution in [0, 0.1) is 17.8 Å². The van der Waals surface area contributed by atoms with Crippen LogP contribution < -0.4 is 4.74 Å². The van der Waals surface area contributed by atoms with Gasteiger partial charge in [0.05, 0.1) is 24.1 Å². The number of allylic oxidation sites excluding steroid dienone is 1. The van der Waals surface area contributed by atoms with Crippen LogP contribution in [0.1, 0.15) is 99.6 Å². The zero-order valence-electron chi connectivity index (χ0n) is 26.1. The number of alkyl halides is 3. The van der Waals surface area contributed by atoms with Gasteiger partial charge in [0.1, 0.15) is 11.9 Å². The van der Waals surface area contributed by atoms with E-state index in [-0.39, 0.29) is 12.0 Å². The summed E-state index contributed by atoms with van der Waals surface area (Å²) >= 11 is 0. The number of rotatable bonds is 8. The molecule has 2 aromatic carbocycles. The summed E-state index contributed by atoms with van der Waals surface area (Å²) in [6.07, 6.45) is 0.0777. The molecule has 1 heterocycles. The topological polar surface area (TPSA) is 76.1 Å². The molecule has 238 valence electrons. The molecule has 2 fully saturated rings. The Morgan fingerprint density at radius 3 is 2.45 bits per heavy atom.